The molecule has 0 radical (unpaired) electrons. The van der Waals surface area contributed by atoms with Gasteiger partial charge in [-0.05, 0) is 31.2 Å². The fraction of sp³-hybridized carbons (Fsp3) is 0.588. The molecular weight excluding hydrogens is 328 g/mol. The van der Waals surface area contributed by atoms with Crippen molar-refractivity contribution < 1.29 is 19.1 Å². The zero-order valence-corrected chi connectivity index (χ0v) is 14.9. The fourth-order valence-corrected chi connectivity index (χ4v) is 3.66. The molecule has 0 aromatic carbocycles. The molecule has 24 heavy (non-hydrogen) atoms. The van der Waals surface area contributed by atoms with Crippen molar-refractivity contribution in [3.63, 3.8) is 0 Å². The smallest absolute Gasteiger partial charge is 0.309 e. The van der Waals surface area contributed by atoms with E-state index in [0.29, 0.717) is 32.5 Å². The molecule has 7 heteroatoms. The molecule has 0 bridgehead atoms. The van der Waals surface area contributed by atoms with Gasteiger partial charge in [0.25, 0.3) is 0 Å². The topological polar surface area (TPSA) is 75.7 Å². The van der Waals surface area contributed by atoms with Gasteiger partial charge in [0.05, 0.1) is 25.0 Å². The maximum absolute atomic E-state index is 12.6. The van der Waals surface area contributed by atoms with Gasteiger partial charge in [-0.3, -0.25) is 14.4 Å². The maximum Gasteiger partial charge on any atom is 0.309 e. The van der Waals surface area contributed by atoms with Crippen molar-refractivity contribution in [3.05, 3.63) is 22.4 Å². The van der Waals surface area contributed by atoms with E-state index in [0.717, 1.165) is 4.88 Å². The minimum absolute atomic E-state index is 0.00413. The lowest BCUT2D eigenvalue weighted by atomic mass is 9.96. The number of thiophene rings is 1. The van der Waals surface area contributed by atoms with E-state index in [4.69, 9.17) is 4.74 Å². The molecule has 1 aliphatic rings. The summed E-state index contributed by atoms with van der Waals surface area (Å²) in [5.41, 5.74) is 0. The summed E-state index contributed by atoms with van der Waals surface area (Å²) in [4.78, 5) is 38.5. The molecule has 2 amide bonds. The highest BCUT2D eigenvalue weighted by molar-refractivity contribution is 7.10. The fourth-order valence-electron chi connectivity index (χ4n) is 2.89. The van der Waals surface area contributed by atoms with Crippen molar-refractivity contribution in [2.24, 2.45) is 5.92 Å². The second-order valence-electron chi connectivity index (χ2n) is 5.88. The first kappa shape index (κ1) is 18.4. The minimum atomic E-state index is -0.294. The minimum Gasteiger partial charge on any atom is -0.466 e. The second kappa shape index (κ2) is 8.82. The molecule has 1 aliphatic heterocycles. The van der Waals surface area contributed by atoms with Gasteiger partial charge in [0.15, 0.2) is 0 Å². The standard InChI is InChI=1S/C17H24N2O4S/c1-3-23-17(22)13-6-8-19(9-7-13)16(21)11-14(18-12(2)20)15-5-4-10-24-15/h4-5,10,13-14H,3,6-9,11H2,1-2H3,(H,18,20). The number of carbonyl (C=O) groups excluding carboxylic acids is 3. The lowest BCUT2D eigenvalue weighted by Gasteiger charge is -2.32. The van der Waals surface area contributed by atoms with E-state index in [-0.39, 0.29) is 36.2 Å². The van der Waals surface area contributed by atoms with Crippen LogP contribution in [0.15, 0.2) is 17.5 Å². The van der Waals surface area contributed by atoms with Crippen molar-refractivity contribution in [2.45, 2.75) is 39.2 Å². The number of carbonyl (C=O) groups is 3. The molecular formula is C17H24N2O4S. The SMILES string of the molecule is CCOC(=O)C1CCN(C(=O)CC(NC(C)=O)c2cccs2)CC1. The highest BCUT2D eigenvalue weighted by atomic mass is 32.1. The number of ether oxygens (including phenoxy) is 1. The molecule has 1 aromatic heterocycles. The van der Waals surface area contributed by atoms with Crippen molar-refractivity contribution in [1.82, 2.24) is 10.2 Å². The lowest BCUT2D eigenvalue weighted by Crippen LogP contribution is -2.42. The highest BCUT2D eigenvalue weighted by Gasteiger charge is 2.29. The first-order valence-electron chi connectivity index (χ1n) is 8.26. The summed E-state index contributed by atoms with van der Waals surface area (Å²) in [5.74, 6) is -0.427. The summed E-state index contributed by atoms with van der Waals surface area (Å²) in [7, 11) is 0. The third-order valence-electron chi connectivity index (χ3n) is 4.11. The Morgan fingerprint density at radius 1 is 1.38 bits per heavy atom. The number of esters is 1. The Hall–Kier alpha value is -1.89. The van der Waals surface area contributed by atoms with Gasteiger partial charge in [0, 0.05) is 24.9 Å². The number of amides is 2. The van der Waals surface area contributed by atoms with Gasteiger partial charge < -0.3 is 15.0 Å². The summed E-state index contributed by atoms with van der Waals surface area (Å²) < 4.78 is 5.05. The molecule has 0 aliphatic carbocycles. The molecule has 2 heterocycles. The average Bonchev–Trinajstić information content (AvgIpc) is 3.08. The van der Waals surface area contributed by atoms with Crippen LogP contribution in [0, 0.1) is 5.92 Å². The quantitative estimate of drug-likeness (QED) is 0.796. The van der Waals surface area contributed by atoms with Crippen molar-refractivity contribution in [3.8, 4) is 0 Å². The van der Waals surface area contributed by atoms with Crippen LogP contribution in [0.4, 0.5) is 0 Å². The summed E-state index contributed by atoms with van der Waals surface area (Å²) in [6.45, 7) is 4.75. The van der Waals surface area contributed by atoms with Gasteiger partial charge in [-0.1, -0.05) is 6.07 Å². The van der Waals surface area contributed by atoms with Crippen LogP contribution in [0.3, 0.4) is 0 Å². The van der Waals surface area contributed by atoms with Gasteiger partial charge in [-0.2, -0.15) is 0 Å². The molecule has 6 nitrogen and oxygen atoms in total. The molecule has 1 fully saturated rings. The van der Waals surface area contributed by atoms with Crippen LogP contribution in [-0.4, -0.2) is 42.4 Å². The van der Waals surface area contributed by atoms with E-state index in [1.54, 1.807) is 11.8 Å². The first-order valence-corrected chi connectivity index (χ1v) is 9.14. The van der Waals surface area contributed by atoms with Crippen LogP contribution in [-0.2, 0) is 19.1 Å². The van der Waals surface area contributed by atoms with Crippen molar-refractivity contribution >= 4 is 29.1 Å². The van der Waals surface area contributed by atoms with E-state index in [9.17, 15) is 14.4 Å². The van der Waals surface area contributed by atoms with Crippen LogP contribution < -0.4 is 5.32 Å². The van der Waals surface area contributed by atoms with Crippen LogP contribution in [0.5, 0.6) is 0 Å². The Labute approximate surface area is 146 Å². The zero-order chi connectivity index (χ0) is 17.5. The van der Waals surface area contributed by atoms with Gasteiger partial charge in [0.2, 0.25) is 11.8 Å². The van der Waals surface area contributed by atoms with Crippen LogP contribution in [0.1, 0.15) is 44.0 Å². The number of rotatable bonds is 6. The van der Waals surface area contributed by atoms with Gasteiger partial charge in [0.1, 0.15) is 0 Å². The molecule has 1 atom stereocenters. The predicted molar refractivity (Wildman–Crippen MR) is 91.4 cm³/mol. The summed E-state index contributed by atoms with van der Waals surface area (Å²) >= 11 is 1.52. The number of nitrogens with one attached hydrogen (secondary N) is 1. The Bertz CT molecular complexity index is 565. The maximum atomic E-state index is 12.6. The van der Waals surface area contributed by atoms with Crippen LogP contribution in [0.2, 0.25) is 0 Å². The van der Waals surface area contributed by atoms with Crippen LogP contribution >= 0.6 is 11.3 Å². The van der Waals surface area contributed by atoms with Gasteiger partial charge in [-0.15, -0.1) is 11.3 Å². The molecule has 1 aromatic rings. The molecule has 0 saturated carbocycles. The average molecular weight is 352 g/mol. The third kappa shape index (κ3) is 5.06. The zero-order valence-electron chi connectivity index (χ0n) is 14.1. The predicted octanol–water partition coefficient (Wildman–Crippen LogP) is 2.12. The van der Waals surface area contributed by atoms with Crippen molar-refractivity contribution in [1.29, 1.82) is 0 Å². The molecule has 132 valence electrons. The van der Waals surface area contributed by atoms with Gasteiger partial charge in [-0.25, -0.2) is 0 Å². The van der Waals surface area contributed by atoms with E-state index < -0.39 is 0 Å². The Morgan fingerprint density at radius 2 is 2.08 bits per heavy atom. The Kier molecular flexibility index (Phi) is 6.78. The highest BCUT2D eigenvalue weighted by Crippen LogP contribution is 2.25. The molecule has 2 rings (SSSR count). The summed E-state index contributed by atoms with van der Waals surface area (Å²) in [6.07, 6.45) is 1.51. The number of piperidine rings is 1. The van der Waals surface area contributed by atoms with Gasteiger partial charge >= 0.3 is 5.97 Å². The van der Waals surface area contributed by atoms with E-state index in [1.807, 2.05) is 17.5 Å². The molecule has 1 unspecified atom stereocenters. The summed E-state index contributed by atoms with van der Waals surface area (Å²) in [5, 5.41) is 4.78. The Balaban J connectivity index is 1.89. The van der Waals surface area contributed by atoms with Crippen LogP contribution in [0.25, 0.3) is 0 Å². The first-order chi connectivity index (χ1) is 11.5. The monoisotopic (exact) mass is 352 g/mol. The number of hydrogen-bond acceptors (Lipinski definition) is 5. The van der Waals surface area contributed by atoms with Crippen molar-refractivity contribution in [2.75, 3.05) is 19.7 Å². The number of hydrogen-bond donors (Lipinski definition) is 1. The molecule has 0 spiro atoms. The van der Waals surface area contributed by atoms with E-state index in [1.165, 1.54) is 18.3 Å². The summed E-state index contributed by atoms with van der Waals surface area (Å²) in [6, 6.07) is 3.54. The Morgan fingerprint density at radius 3 is 2.62 bits per heavy atom. The third-order valence-corrected chi connectivity index (χ3v) is 5.10. The second-order valence-corrected chi connectivity index (χ2v) is 6.86. The molecule has 1 saturated heterocycles. The largest absolute Gasteiger partial charge is 0.466 e. The lowest BCUT2D eigenvalue weighted by molar-refractivity contribution is -0.151. The van der Waals surface area contributed by atoms with E-state index in [2.05, 4.69) is 5.32 Å². The van der Waals surface area contributed by atoms with E-state index >= 15 is 0 Å². The number of likely N-dealkylation sites (tertiary alicyclic amines) is 1. The molecule has 1 N–H and O–H groups in total. The number of nitrogens with zero attached hydrogens (tertiary/aromatic N) is 1. The normalized spacial score (nSPS) is 16.5.